The smallest absolute Gasteiger partial charge is 0.183 e. The first-order valence-corrected chi connectivity index (χ1v) is 9.76. The second-order valence-corrected chi connectivity index (χ2v) is 8.36. The number of hydrogen-bond donors (Lipinski definition) is 2. The average molecular weight is 387 g/mol. The molecule has 0 aliphatic carbocycles. The number of nitrogens with two attached hydrogens (primary N) is 1. The molecule has 7 heteroatoms. The minimum Gasteiger partial charge on any atom is -0.496 e. The summed E-state index contributed by atoms with van der Waals surface area (Å²) in [6, 6.07) is 8.02. The van der Waals surface area contributed by atoms with Gasteiger partial charge in [0.05, 0.1) is 18.3 Å². The van der Waals surface area contributed by atoms with Gasteiger partial charge < -0.3 is 20.5 Å². The highest BCUT2D eigenvalue weighted by Crippen LogP contribution is 2.33. The molecule has 0 saturated carbocycles. The van der Waals surface area contributed by atoms with E-state index in [2.05, 4.69) is 24.1 Å². The molecule has 0 fully saturated rings. The third kappa shape index (κ3) is 4.87. The molecule has 0 bridgehead atoms. The fourth-order valence-corrected chi connectivity index (χ4v) is 3.39. The van der Waals surface area contributed by atoms with Gasteiger partial charge in [0.15, 0.2) is 5.13 Å². The molecule has 0 atom stereocenters. The summed E-state index contributed by atoms with van der Waals surface area (Å²) in [6.07, 6.45) is 0. The van der Waals surface area contributed by atoms with Crippen molar-refractivity contribution in [1.82, 2.24) is 9.97 Å². The minimum atomic E-state index is -0.400. The first-order chi connectivity index (χ1) is 12.7. The first kappa shape index (κ1) is 19.4. The third-order valence-electron chi connectivity index (χ3n) is 3.75. The summed E-state index contributed by atoms with van der Waals surface area (Å²) < 4.78 is 11.4. The summed E-state index contributed by atoms with van der Waals surface area (Å²) in [5.74, 6) is 1.49. The van der Waals surface area contributed by atoms with Gasteiger partial charge in [0.25, 0.3) is 0 Å². The lowest BCUT2D eigenvalue weighted by Crippen LogP contribution is -2.38. The maximum atomic E-state index is 6.00. The van der Waals surface area contributed by atoms with Gasteiger partial charge in [-0.1, -0.05) is 0 Å². The normalized spacial score (nSPS) is 11.8. The zero-order valence-electron chi connectivity index (χ0n) is 16.4. The Balaban J connectivity index is 1.97. The molecule has 144 valence electrons. The molecule has 2 aromatic heterocycles. The quantitative estimate of drug-likeness (QED) is 0.630. The van der Waals surface area contributed by atoms with Crippen LogP contribution in [0, 0.1) is 0 Å². The van der Waals surface area contributed by atoms with Gasteiger partial charge in [0.2, 0.25) is 0 Å². The molecule has 27 heavy (non-hydrogen) atoms. The van der Waals surface area contributed by atoms with Crippen molar-refractivity contribution in [3.63, 3.8) is 0 Å². The van der Waals surface area contributed by atoms with Crippen LogP contribution in [0.2, 0.25) is 0 Å². The van der Waals surface area contributed by atoms with Crippen molar-refractivity contribution in [2.24, 2.45) is 5.73 Å². The van der Waals surface area contributed by atoms with E-state index in [1.54, 1.807) is 18.4 Å². The Hall–Kier alpha value is -2.38. The molecule has 0 aliphatic rings. The van der Waals surface area contributed by atoms with Crippen molar-refractivity contribution >= 4 is 27.4 Å². The Morgan fingerprint density at radius 3 is 2.63 bits per heavy atom. The second-order valence-electron chi connectivity index (χ2n) is 7.50. The number of benzene rings is 1. The van der Waals surface area contributed by atoms with Crippen LogP contribution in [0.25, 0.3) is 22.3 Å². The van der Waals surface area contributed by atoms with Crippen LogP contribution in [0.3, 0.4) is 0 Å². The minimum absolute atomic E-state index is 0.328. The lowest BCUT2D eigenvalue weighted by atomic mass is 10.1. The molecule has 2 heterocycles. The second kappa shape index (κ2) is 7.70. The molecule has 0 spiro atoms. The molecule has 0 aliphatic heterocycles. The largest absolute Gasteiger partial charge is 0.496 e. The van der Waals surface area contributed by atoms with Crippen molar-refractivity contribution in [3.05, 3.63) is 29.6 Å². The van der Waals surface area contributed by atoms with Gasteiger partial charge in [0.1, 0.15) is 23.8 Å². The number of anilines is 1. The van der Waals surface area contributed by atoms with Crippen LogP contribution < -0.4 is 20.5 Å². The van der Waals surface area contributed by atoms with E-state index >= 15 is 0 Å². The molecule has 0 radical (unpaired) electrons. The standard InChI is InChI=1S/C20H26N4O2S/c1-12(2)22-19-24-17(10-27-19)16-9-18(25-5)14-7-6-13(8-15(14)23-16)26-11-20(3,4)21/h6-10,12H,11,21H2,1-5H3,(H,22,24). The maximum absolute atomic E-state index is 6.00. The number of hydrogen-bond acceptors (Lipinski definition) is 7. The molecule has 3 rings (SSSR count). The number of methoxy groups -OCH3 is 1. The van der Waals surface area contributed by atoms with Gasteiger partial charge in [-0.2, -0.15) is 0 Å². The topological polar surface area (TPSA) is 82.3 Å². The highest BCUT2D eigenvalue weighted by molar-refractivity contribution is 7.14. The predicted molar refractivity (Wildman–Crippen MR) is 112 cm³/mol. The van der Waals surface area contributed by atoms with E-state index in [4.69, 9.17) is 20.2 Å². The Morgan fingerprint density at radius 1 is 1.19 bits per heavy atom. The van der Waals surface area contributed by atoms with Crippen LogP contribution in [0.5, 0.6) is 11.5 Å². The summed E-state index contributed by atoms with van der Waals surface area (Å²) in [4.78, 5) is 9.41. The number of fused-ring (bicyclic) bond motifs is 1. The molecular formula is C20H26N4O2S. The Morgan fingerprint density at radius 2 is 1.96 bits per heavy atom. The number of thiazole rings is 1. The van der Waals surface area contributed by atoms with Gasteiger partial charge >= 0.3 is 0 Å². The lowest BCUT2D eigenvalue weighted by molar-refractivity contribution is 0.243. The van der Waals surface area contributed by atoms with Crippen LogP contribution in [-0.2, 0) is 0 Å². The van der Waals surface area contributed by atoms with E-state index in [0.29, 0.717) is 12.6 Å². The monoisotopic (exact) mass is 386 g/mol. The molecule has 0 amide bonds. The van der Waals surface area contributed by atoms with Crippen LogP contribution in [0.15, 0.2) is 29.6 Å². The van der Waals surface area contributed by atoms with Gasteiger partial charge in [-0.05, 0) is 39.8 Å². The number of pyridine rings is 1. The number of aromatic nitrogens is 2. The Labute approximate surface area is 163 Å². The SMILES string of the molecule is COc1cc(-c2csc(NC(C)C)n2)nc2cc(OCC(C)(C)N)ccc12. The summed E-state index contributed by atoms with van der Waals surface area (Å²) in [5.41, 5.74) is 7.98. The average Bonchev–Trinajstić information content (AvgIpc) is 3.05. The van der Waals surface area contributed by atoms with Crippen LogP contribution in [0.1, 0.15) is 27.7 Å². The van der Waals surface area contributed by atoms with E-state index < -0.39 is 5.54 Å². The van der Waals surface area contributed by atoms with Crippen molar-refractivity contribution in [1.29, 1.82) is 0 Å². The zero-order chi connectivity index (χ0) is 19.6. The van der Waals surface area contributed by atoms with Crippen molar-refractivity contribution in [2.75, 3.05) is 19.0 Å². The summed E-state index contributed by atoms with van der Waals surface area (Å²) in [7, 11) is 1.66. The summed E-state index contributed by atoms with van der Waals surface area (Å²) in [6.45, 7) is 8.45. The van der Waals surface area contributed by atoms with Crippen molar-refractivity contribution < 1.29 is 9.47 Å². The lowest BCUT2D eigenvalue weighted by Gasteiger charge is -2.19. The van der Waals surface area contributed by atoms with Gasteiger partial charge in [0, 0.05) is 34.5 Å². The highest BCUT2D eigenvalue weighted by atomic mass is 32.1. The third-order valence-corrected chi connectivity index (χ3v) is 4.53. The number of ether oxygens (including phenoxy) is 2. The summed E-state index contributed by atoms with van der Waals surface area (Å²) >= 11 is 1.56. The van der Waals surface area contributed by atoms with E-state index in [1.807, 2.05) is 43.5 Å². The summed E-state index contributed by atoms with van der Waals surface area (Å²) in [5, 5.41) is 7.12. The molecule has 3 aromatic rings. The van der Waals surface area contributed by atoms with E-state index in [9.17, 15) is 0 Å². The van der Waals surface area contributed by atoms with E-state index in [1.165, 1.54) is 0 Å². The number of nitrogens with one attached hydrogen (secondary N) is 1. The molecule has 6 nitrogen and oxygen atoms in total. The van der Waals surface area contributed by atoms with Crippen molar-refractivity contribution in [2.45, 2.75) is 39.3 Å². The Bertz CT molecular complexity index is 931. The fraction of sp³-hybridized carbons (Fsp3) is 0.400. The maximum Gasteiger partial charge on any atom is 0.183 e. The highest BCUT2D eigenvalue weighted by Gasteiger charge is 2.14. The fourth-order valence-electron chi connectivity index (χ4n) is 2.54. The molecule has 3 N–H and O–H groups in total. The van der Waals surface area contributed by atoms with Crippen LogP contribution >= 0.6 is 11.3 Å². The number of nitrogens with zero attached hydrogens (tertiary/aromatic N) is 2. The van der Waals surface area contributed by atoms with E-state index in [0.717, 1.165) is 38.9 Å². The first-order valence-electron chi connectivity index (χ1n) is 8.88. The van der Waals surface area contributed by atoms with Crippen molar-refractivity contribution in [3.8, 4) is 22.9 Å². The van der Waals surface area contributed by atoms with E-state index in [-0.39, 0.29) is 0 Å². The molecule has 1 aromatic carbocycles. The van der Waals surface area contributed by atoms with Crippen LogP contribution in [0.4, 0.5) is 5.13 Å². The molecule has 0 saturated heterocycles. The molecular weight excluding hydrogens is 360 g/mol. The Kier molecular flexibility index (Phi) is 5.53. The zero-order valence-corrected chi connectivity index (χ0v) is 17.2. The molecule has 0 unspecified atom stereocenters. The van der Waals surface area contributed by atoms with Crippen LogP contribution in [-0.4, -0.2) is 35.3 Å². The predicted octanol–water partition coefficient (Wildman–Crippen LogP) is 4.30. The van der Waals surface area contributed by atoms with Gasteiger partial charge in [-0.15, -0.1) is 11.3 Å². The van der Waals surface area contributed by atoms with Gasteiger partial charge in [-0.3, -0.25) is 0 Å². The number of rotatable bonds is 7. The van der Waals surface area contributed by atoms with Gasteiger partial charge in [-0.25, -0.2) is 9.97 Å².